The van der Waals surface area contributed by atoms with Crippen LogP contribution in [0.5, 0.6) is 0 Å². The van der Waals surface area contributed by atoms with Crippen LogP contribution >= 0.6 is 0 Å². The van der Waals surface area contributed by atoms with Crippen LogP contribution in [0.4, 0.5) is 0 Å². The number of ether oxygens (including phenoxy) is 1. The van der Waals surface area contributed by atoms with E-state index in [9.17, 15) is 0 Å². The summed E-state index contributed by atoms with van der Waals surface area (Å²) in [7, 11) is 0. The van der Waals surface area contributed by atoms with E-state index in [1.54, 1.807) is 0 Å². The summed E-state index contributed by atoms with van der Waals surface area (Å²) < 4.78 is 10.8. The fourth-order valence-electron chi connectivity index (χ4n) is 1.67. The first-order valence-electron chi connectivity index (χ1n) is 4.99. The van der Waals surface area contributed by atoms with Crippen LogP contribution in [0.3, 0.4) is 0 Å². The van der Waals surface area contributed by atoms with Gasteiger partial charge in [0.15, 0.2) is 0 Å². The maximum atomic E-state index is 5.58. The zero-order valence-corrected chi connectivity index (χ0v) is 12.8. The standard InChI is InChI=1S/C4H7O.3C2H5.Pb/c1-3-5-4-2;3*1-2;/h1,4H2,2H3;3*1H2,2H3;. The summed E-state index contributed by atoms with van der Waals surface area (Å²) in [5, 5.41) is 0. The molecule has 0 N–H and O–H groups in total. The molecule has 0 amide bonds. The van der Waals surface area contributed by atoms with Crippen LogP contribution in [-0.4, -0.2) is 27.8 Å². The molecule has 0 aliphatic heterocycles. The molecule has 0 aliphatic rings. The van der Waals surface area contributed by atoms with Gasteiger partial charge in [-0.05, 0) is 0 Å². The summed E-state index contributed by atoms with van der Waals surface area (Å²) in [5.41, 5.74) is 0. The molecule has 2 heteroatoms. The molecule has 0 unspecified atom stereocenters. The molecule has 0 aromatic heterocycles. The molecule has 0 atom stereocenters. The van der Waals surface area contributed by atoms with Crippen molar-refractivity contribution in [3.63, 3.8) is 0 Å². The van der Waals surface area contributed by atoms with Crippen LogP contribution in [0.15, 0.2) is 9.90 Å². The second kappa shape index (κ2) is 6.00. The molecule has 0 rings (SSSR count). The van der Waals surface area contributed by atoms with Gasteiger partial charge in [-0.3, -0.25) is 0 Å². The van der Waals surface area contributed by atoms with Crippen molar-refractivity contribution in [3.05, 3.63) is 9.90 Å². The predicted octanol–water partition coefficient (Wildman–Crippen LogP) is 3.58. The van der Waals surface area contributed by atoms with E-state index in [4.69, 9.17) is 4.74 Å². The first-order valence-corrected chi connectivity index (χ1v) is 15.2. The Morgan fingerprint density at radius 2 is 1.50 bits per heavy atom. The van der Waals surface area contributed by atoms with Gasteiger partial charge in [0.25, 0.3) is 0 Å². The van der Waals surface area contributed by atoms with E-state index in [0.29, 0.717) is 0 Å². The van der Waals surface area contributed by atoms with Gasteiger partial charge in [-0.25, -0.2) is 0 Å². The van der Waals surface area contributed by atoms with Crippen LogP contribution < -0.4 is 0 Å². The Morgan fingerprint density at radius 3 is 1.75 bits per heavy atom. The van der Waals surface area contributed by atoms with Gasteiger partial charge in [-0.1, -0.05) is 0 Å². The zero-order valence-electron chi connectivity index (χ0n) is 8.94. The van der Waals surface area contributed by atoms with Gasteiger partial charge >= 0.3 is 82.0 Å². The van der Waals surface area contributed by atoms with Crippen molar-refractivity contribution < 1.29 is 4.74 Å². The molecule has 0 fully saturated rings. The molecule has 0 aromatic carbocycles. The minimum absolute atomic E-state index is 0.792. The molecule has 12 heavy (non-hydrogen) atoms. The van der Waals surface area contributed by atoms with Crippen LogP contribution in [0.25, 0.3) is 0 Å². The molecule has 0 spiro atoms. The summed E-state index contributed by atoms with van der Waals surface area (Å²) >= 11 is -2.14. The van der Waals surface area contributed by atoms with Gasteiger partial charge in [-0.15, -0.1) is 0 Å². The second-order valence-electron chi connectivity index (χ2n) is 3.20. The van der Waals surface area contributed by atoms with Gasteiger partial charge in [0.2, 0.25) is 0 Å². The molecular weight excluding hydrogens is 343 g/mol. The molecule has 0 saturated heterocycles. The van der Waals surface area contributed by atoms with E-state index in [1.807, 2.05) is 6.92 Å². The third kappa shape index (κ3) is 2.75. The van der Waals surface area contributed by atoms with Gasteiger partial charge in [0.1, 0.15) is 0 Å². The number of hydrogen-bond donors (Lipinski definition) is 0. The average Bonchev–Trinajstić information content (AvgIpc) is 2.09. The van der Waals surface area contributed by atoms with Gasteiger partial charge in [0, 0.05) is 0 Å². The topological polar surface area (TPSA) is 9.23 Å². The van der Waals surface area contributed by atoms with Crippen molar-refractivity contribution in [2.75, 3.05) is 6.61 Å². The third-order valence-electron chi connectivity index (χ3n) is 2.94. The Bertz CT molecular complexity index is 131. The molecule has 72 valence electrons. The third-order valence-corrected chi connectivity index (χ3v) is 23.9. The van der Waals surface area contributed by atoms with E-state index in [-0.39, 0.29) is 0 Å². The van der Waals surface area contributed by atoms with E-state index in [0.717, 1.165) is 6.61 Å². The quantitative estimate of drug-likeness (QED) is 0.516. The Hall–Kier alpha value is 0.462. The van der Waals surface area contributed by atoms with Crippen LogP contribution in [0.2, 0.25) is 11.9 Å². The maximum absolute atomic E-state index is 5.58. The fraction of sp³-hybridized carbons (Fsp3) is 0.800. The molecule has 0 bridgehead atoms. The summed E-state index contributed by atoms with van der Waals surface area (Å²) in [6, 6.07) is 0. The van der Waals surface area contributed by atoms with Crippen LogP contribution in [0, 0.1) is 0 Å². The van der Waals surface area contributed by atoms with Gasteiger partial charge < -0.3 is 0 Å². The summed E-state index contributed by atoms with van der Waals surface area (Å²) in [5.74, 6) is 0. The monoisotopic (exact) mass is 366 g/mol. The van der Waals surface area contributed by atoms with Crippen molar-refractivity contribution in [1.29, 1.82) is 0 Å². The average molecular weight is 365 g/mol. The van der Waals surface area contributed by atoms with E-state index in [2.05, 4.69) is 27.4 Å². The first kappa shape index (κ1) is 12.5. The van der Waals surface area contributed by atoms with Gasteiger partial charge in [-0.2, -0.15) is 0 Å². The van der Waals surface area contributed by atoms with Crippen LogP contribution in [-0.2, 0) is 4.74 Å². The minimum atomic E-state index is -2.14. The van der Waals surface area contributed by atoms with E-state index < -0.39 is 21.2 Å². The Balaban J connectivity index is 4.36. The van der Waals surface area contributed by atoms with E-state index in [1.165, 1.54) is 15.3 Å². The molecular formula is C10H22OPb. The number of rotatable bonds is 6. The molecule has 0 aromatic rings. The van der Waals surface area contributed by atoms with Crippen LogP contribution in [0.1, 0.15) is 27.7 Å². The van der Waals surface area contributed by atoms with Crippen molar-refractivity contribution in [3.8, 4) is 0 Å². The van der Waals surface area contributed by atoms with Crippen molar-refractivity contribution in [2.24, 2.45) is 0 Å². The fourth-order valence-corrected chi connectivity index (χ4v) is 13.9. The summed E-state index contributed by atoms with van der Waals surface area (Å²) in [4.78, 5) is 0. The Morgan fingerprint density at radius 1 is 1.08 bits per heavy atom. The molecule has 0 radical (unpaired) electrons. The van der Waals surface area contributed by atoms with E-state index >= 15 is 0 Å². The predicted molar refractivity (Wildman–Crippen MR) is 58.0 cm³/mol. The van der Waals surface area contributed by atoms with Crippen molar-refractivity contribution >= 4 is 21.2 Å². The van der Waals surface area contributed by atoms with Crippen molar-refractivity contribution in [1.82, 2.24) is 0 Å². The SMILES string of the molecule is C=[C](OCC)[Pb]([CH2]C)([CH2]C)[CH2]C. The second-order valence-corrected chi connectivity index (χ2v) is 23.6. The summed E-state index contributed by atoms with van der Waals surface area (Å²) in [6.45, 7) is 13.9. The Labute approximate surface area is 81.8 Å². The van der Waals surface area contributed by atoms with Gasteiger partial charge in [0.05, 0.1) is 0 Å². The molecule has 0 saturated carbocycles. The first-order chi connectivity index (χ1) is 5.66. The molecule has 1 nitrogen and oxygen atoms in total. The normalized spacial score (nSPS) is 11.3. The van der Waals surface area contributed by atoms with Crippen molar-refractivity contribution in [2.45, 2.75) is 39.6 Å². The zero-order chi connectivity index (χ0) is 9.61. The number of hydrogen-bond acceptors (Lipinski definition) is 1. The molecule has 0 aliphatic carbocycles. The summed E-state index contributed by atoms with van der Waals surface area (Å²) in [6.07, 6.45) is 0. The Kier molecular flexibility index (Phi) is 6.23. The molecule has 0 heterocycles.